The molecule has 0 saturated heterocycles. The number of fused-ring (bicyclic) bond motifs is 1. The number of thiazole rings is 1. The van der Waals surface area contributed by atoms with Gasteiger partial charge in [0.15, 0.2) is 0 Å². The fourth-order valence-corrected chi connectivity index (χ4v) is 3.11. The van der Waals surface area contributed by atoms with Crippen LogP contribution in [0, 0.1) is 0 Å². The van der Waals surface area contributed by atoms with Crippen molar-refractivity contribution >= 4 is 17.2 Å². The van der Waals surface area contributed by atoms with E-state index in [1.807, 2.05) is 0 Å². The Bertz CT molecular complexity index is 462. The van der Waals surface area contributed by atoms with E-state index in [0.717, 1.165) is 17.0 Å². The van der Waals surface area contributed by atoms with Crippen LogP contribution >= 0.6 is 11.3 Å². The molecule has 2 aromatic heterocycles. The van der Waals surface area contributed by atoms with Crippen LogP contribution in [0.1, 0.15) is 23.4 Å². The Hall–Kier alpha value is -1.36. The zero-order valence-corrected chi connectivity index (χ0v) is 9.10. The van der Waals surface area contributed by atoms with Crippen LogP contribution in [0.3, 0.4) is 0 Å². The van der Waals surface area contributed by atoms with Crippen molar-refractivity contribution in [2.45, 2.75) is 25.7 Å². The molecule has 0 aromatic carbocycles. The third kappa shape index (κ3) is 1.43. The number of nitrogens with one attached hydrogen (secondary N) is 1. The van der Waals surface area contributed by atoms with Crippen LogP contribution in [0.5, 0.6) is 0 Å². The molecule has 4 nitrogen and oxygen atoms in total. The van der Waals surface area contributed by atoms with Crippen molar-refractivity contribution in [3.63, 3.8) is 0 Å². The van der Waals surface area contributed by atoms with Crippen LogP contribution in [-0.2, 0) is 12.8 Å². The highest BCUT2D eigenvalue weighted by atomic mass is 32.1. The van der Waals surface area contributed by atoms with Crippen LogP contribution in [-0.4, -0.2) is 15.2 Å². The number of anilines is 1. The Morgan fingerprint density at radius 1 is 1.33 bits per heavy atom. The molecule has 0 bridgehead atoms. The van der Waals surface area contributed by atoms with Gasteiger partial charge < -0.3 is 5.73 Å². The van der Waals surface area contributed by atoms with Gasteiger partial charge >= 0.3 is 0 Å². The second-order valence-electron chi connectivity index (χ2n) is 3.79. The smallest absolute Gasteiger partial charge is 0.129 e. The van der Waals surface area contributed by atoms with Crippen LogP contribution in [0.25, 0.3) is 10.6 Å². The summed E-state index contributed by atoms with van der Waals surface area (Å²) in [5.74, 6) is 0.612. The van der Waals surface area contributed by atoms with Crippen LogP contribution in [0.15, 0.2) is 6.20 Å². The average molecular weight is 220 g/mol. The molecule has 0 saturated carbocycles. The maximum Gasteiger partial charge on any atom is 0.129 e. The number of nitrogens with two attached hydrogens (primary N) is 1. The number of aromatic amines is 1. The Morgan fingerprint density at radius 2 is 2.20 bits per heavy atom. The molecule has 0 amide bonds. The van der Waals surface area contributed by atoms with Crippen molar-refractivity contribution in [3.05, 3.63) is 16.8 Å². The lowest BCUT2D eigenvalue weighted by Gasteiger charge is -2.06. The van der Waals surface area contributed by atoms with Gasteiger partial charge in [0.25, 0.3) is 0 Å². The molecule has 5 heteroatoms. The van der Waals surface area contributed by atoms with E-state index in [2.05, 4.69) is 15.2 Å². The van der Waals surface area contributed by atoms with E-state index < -0.39 is 0 Å². The van der Waals surface area contributed by atoms with E-state index in [1.165, 1.54) is 29.8 Å². The molecular weight excluding hydrogens is 208 g/mol. The van der Waals surface area contributed by atoms with E-state index in [-0.39, 0.29) is 0 Å². The predicted octanol–water partition coefficient (Wildman–Crippen LogP) is 1.99. The van der Waals surface area contributed by atoms with Gasteiger partial charge in [-0.1, -0.05) is 0 Å². The number of rotatable bonds is 1. The maximum absolute atomic E-state index is 5.78. The summed E-state index contributed by atoms with van der Waals surface area (Å²) in [5, 5.41) is 7.67. The van der Waals surface area contributed by atoms with Crippen LogP contribution < -0.4 is 5.73 Å². The molecule has 2 aromatic rings. The first kappa shape index (κ1) is 8.91. The summed E-state index contributed by atoms with van der Waals surface area (Å²) >= 11 is 1.76. The molecule has 15 heavy (non-hydrogen) atoms. The second kappa shape index (κ2) is 3.34. The highest BCUT2D eigenvalue weighted by Gasteiger charge is 2.17. The van der Waals surface area contributed by atoms with Gasteiger partial charge in [-0.3, -0.25) is 5.10 Å². The molecule has 0 atom stereocenters. The highest BCUT2D eigenvalue weighted by Crippen LogP contribution is 2.34. The van der Waals surface area contributed by atoms with Gasteiger partial charge in [0, 0.05) is 4.88 Å². The highest BCUT2D eigenvalue weighted by molar-refractivity contribution is 7.15. The lowest BCUT2D eigenvalue weighted by atomic mass is 10.0. The molecule has 3 N–H and O–H groups in total. The number of hydrogen-bond donors (Lipinski definition) is 2. The molecule has 1 aliphatic rings. The van der Waals surface area contributed by atoms with Gasteiger partial charge in [0.2, 0.25) is 0 Å². The lowest BCUT2D eigenvalue weighted by Crippen LogP contribution is -1.98. The SMILES string of the molecule is Nc1[nH]ncc1-c1nc2c(s1)CCCC2. The third-order valence-electron chi connectivity index (χ3n) is 2.74. The molecule has 78 valence electrons. The van der Waals surface area contributed by atoms with E-state index in [4.69, 9.17) is 5.73 Å². The molecule has 0 fully saturated rings. The van der Waals surface area contributed by atoms with Gasteiger partial charge in [0.1, 0.15) is 10.8 Å². The van der Waals surface area contributed by atoms with Gasteiger partial charge in [0.05, 0.1) is 17.5 Å². The Labute approximate surface area is 91.5 Å². The van der Waals surface area contributed by atoms with Gasteiger partial charge in [-0.05, 0) is 25.7 Å². The zero-order valence-electron chi connectivity index (χ0n) is 8.29. The first-order chi connectivity index (χ1) is 7.34. The minimum Gasteiger partial charge on any atom is -0.383 e. The number of H-pyrrole nitrogens is 1. The van der Waals surface area contributed by atoms with Gasteiger partial charge in [-0.2, -0.15) is 5.10 Å². The van der Waals surface area contributed by atoms with Crippen molar-refractivity contribution in [1.82, 2.24) is 15.2 Å². The summed E-state index contributed by atoms with van der Waals surface area (Å²) in [6.07, 6.45) is 6.58. The number of nitrogen functional groups attached to an aromatic ring is 1. The first-order valence-corrected chi connectivity index (χ1v) is 5.94. The molecule has 1 aliphatic carbocycles. The largest absolute Gasteiger partial charge is 0.383 e. The Kier molecular flexibility index (Phi) is 1.98. The summed E-state index contributed by atoms with van der Waals surface area (Å²) in [6, 6.07) is 0. The molecule has 0 spiro atoms. The number of nitrogens with zero attached hydrogens (tertiary/aromatic N) is 2. The minimum atomic E-state index is 0.612. The van der Waals surface area contributed by atoms with Crippen LogP contribution in [0.2, 0.25) is 0 Å². The van der Waals surface area contributed by atoms with Crippen molar-refractivity contribution in [2.75, 3.05) is 5.73 Å². The van der Waals surface area contributed by atoms with Crippen molar-refractivity contribution in [3.8, 4) is 10.6 Å². The molecule has 0 radical (unpaired) electrons. The topological polar surface area (TPSA) is 67.6 Å². The lowest BCUT2D eigenvalue weighted by molar-refractivity contribution is 0.682. The van der Waals surface area contributed by atoms with Gasteiger partial charge in [-0.15, -0.1) is 11.3 Å². The number of hydrogen-bond acceptors (Lipinski definition) is 4. The zero-order chi connectivity index (χ0) is 10.3. The van der Waals surface area contributed by atoms with E-state index in [0.29, 0.717) is 5.82 Å². The molecular formula is C10H12N4S. The third-order valence-corrected chi connectivity index (χ3v) is 3.94. The molecule has 3 rings (SSSR count). The van der Waals surface area contributed by atoms with Gasteiger partial charge in [-0.25, -0.2) is 4.98 Å². The summed E-state index contributed by atoms with van der Waals surface area (Å²) in [6.45, 7) is 0. The quantitative estimate of drug-likeness (QED) is 0.772. The predicted molar refractivity (Wildman–Crippen MR) is 60.8 cm³/mol. The number of aryl methyl sites for hydroxylation is 2. The summed E-state index contributed by atoms with van der Waals surface area (Å²) in [4.78, 5) is 6.06. The molecule has 0 aliphatic heterocycles. The Balaban J connectivity index is 2.06. The maximum atomic E-state index is 5.78. The second-order valence-corrected chi connectivity index (χ2v) is 4.88. The summed E-state index contributed by atoms with van der Waals surface area (Å²) < 4.78 is 0. The summed E-state index contributed by atoms with van der Waals surface area (Å²) in [7, 11) is 0. The Morgan fingerprint density at radius 3 is 2.93 bits per heavy atom. The first-order valence-electron chi connectivity index (χ1n) is 5.12. The van der Waals surface area contributed by atoms with Crippen molar-refractivity contribution in [1.29, 1.82) is 0 Å². The summed E-state index contributed by atoms with van der Waals surface area (Å²) in [5.41, 5.74) is 7.98. The van der Waals surface area contributed by atoms with Crippen molar-refractivity contribution in [2.24, 2.45) is 0 Å². The fraction of sp³-hybridized carbons (Fsp3) is 0.400. The standard InChI is InChI=1S/C10H12N4S/c11-9-6(5-12-14-9)10-13-7-3-1-2-4-8(7)15-10/h5H,1-4H2,(H3,11,12,14). The average Bonchev–Trinajstić information content (AvgIpc) is 2.82. The van der Waals surface area contributed by atoms with E-state index in [9.17, 15) is 0 Å². The minimum absolute atomic E-state index is 0.612. The van der Waals surface area contributed by atoms with E-state index in [1.54, 1.807) is 17.5 Å². The number of aromatic nitrogens is 3. The van der Waals surface area contributed by atoms with E-state index >= 15 is 0 Å². The van der Waals surface area contributed by atoms with Crippen LogP contribution in [0.4, 0.5) is 5.82 Å². The fourth-order valence-electron chi connectivity index (χ4n) is 1.93. The molecule has 2 heterocycles. The van der Waals surface area contributed by atoms with Crippen molar-refractivity contribution < 1.29 is 0 Å². The normalized spacial score (nSPS) is 15.2. The monoisotopic (exact) mass is 220 g/mol. The molecule has 0 unspecified atom stereocenters.